The number of hydrogen-bond acceptors (Lipinski definition) is 13. The molecule has 0 spiro atoms. The summed E-state index contributed by atoms with van der Waals surface area (Å²) in [6, 6.07) is 0. The average molecular weight is 657 g/mol. The molecule has 6 fully saturated rings. The van der Waals surface area contributed by atoms with Crippen LogP contribution in [-0.4, -0.2) is 141 Å². The van der Waals surface area contributed by atoms with E-state index in [1.807, 2.05) is 6.92 Å². The van der Waals surface area contributed by atoms with E-state index in [1.54, 1.807) is 0 Å². The molecule has 13 nitrogen and oxygen atoms in total. The van der Waals surface area contributed by atoms with E-state index in [1.165, 1.54) is 0 Å². The summed E-state index contributed by atoms with van der Waals surface area (Å²) >= 11 is 0. The maximum Gasteiger partial charge on any atom is 0.309 e. The highest BCUT2D eigenvalue weighted by molar-refractivity contribution is 5.82. The quantitative estimate of drug-likeness (QED) is 0.0797. The second-order valence-corrected chi connectivity index (χ2v) is 14.0. The van der Waals surface area contributed by atoms with Crippen molar-refractivity contribution >= 4 is 11.9 Å². The molecule has 5 aliphatic heterocycles. The number of hydrogen-bond donors (Lipinski definition) is 0. The van der Waals surface area contributed by atoms with Gasteiger partial charge in [-0.15, -0.1) is 0 Å². The Bertz CT molecular complexity index is 976. The molecule has 0 bridgehead atoms. The average Bonchev–Trinajstić information content (AvgIpc) is 3.87. The molecule has 5 heterocycles. The highest BCUT2D eigenvalue weighted by Crippen LogP contribution is 2.44. The third-order valence-electron chi connectivity index (χ3n) is 10.1. The van der Waals surface area contributed by atoms with Crippen molar-refractivity contribution in [2.24, 2.45) is 22.7 Å². The molecule has 1 aliphatic carbocycles. The lowest BCUT2D eigenvalue weighted by molar-refractivity contribution is -0.169. The predicted molar refractivity (Wildman–Crippen MR) is 159 cm³/mol. The molecule has 1 saturated carbocycles. The van der Waals surface area contributed by atoms with E-state index >= 15 is 0 Å². The molecule has 262 valence electrons. The van der Waals surface area contributed by atoms with E-state index in [-0.39, 0.29) is 49.8 Å². The topological polar surface area (TPSA) is 152 Å². The number of epoxide rings is 5. The zero-order valence-corrected chi connectivity index (χ0v) is 27.4. The monoisotopic (exact) mass is 656 g/mol. The second-order valence-electron chi connectivity index (χ2n) is 14.0. The van der Waals surface area contributed by atoms with E-state index in [9.17, 15) is 9.59 Å². The van der Waals surface area contributed by atoms with Crippen molar-refractivity contribution in [3.05, 3.63) is 0 Å². The van der Waals surface area contributed by atoms with Gasteiger partial charge in [0.05, 0.1) is 109 Å². The van der Waals surface area contributed by atoms with Gasteiger partial charge < -0.3 is 52.1 Å². The number of esters is 2. The van der Waals surface area contributed by atoms with Crippen molar-refractivity contribution in [1.29, 1.82) is 0 Å². The standard InChI is InChI=1S/C33H52O13/c1-3-32(17-37-10-23-14-41-23,5-6-36-9-22-13-40-22)20-44-30(34)26-7-28-29(46-28)8-27(26)31(35)45-21-33(4-2,18-38-11-24-15-42-24)19-39-12-25-16-43-25/h22-29H,3-21H2,1-2H3. The number of carbonyl (C=O) groups is 2. The van der Waals surface area contributed by atoms with E-state index in [0.717, 1.165) is 13.0 Å². The third-order valence-corrected chi connectivity index (χ3v) is 10.1. The van der Waals surface area contributed by atoms with Crippen molar-refractivity contribution < 1.29 is 61.7 Å². The Morgan fingerprint density at radius 3 is 1.39 bits per heavy atom. The summed E-state index contributed by atoms with van der Waals surface area (Å²) in [6.07, 6.45) is 3.52. The van der Waals surface area contributed by atoms with Crippen molar-refractivity contribution in [2.45, 2.75) is 82.6 Å². The molecule has 6 aliphatic rings. The maximum atomic E-state index is 13.7. The highest BCUT2D eigenvalue weighted by atomic mass is 16.6. The maximum absolute atomic E-state index is 13.7. The smallest absolute Gasteiger partial charge is 0.309 e. The van der Waals surface area contributed by atoms with Gasteiger partial charge in [-0.05, 0) is 32.1 Å². The zero-order valence-electron chi connectivity index (χ0n) is 27.4. The molecule has 9 unspecified atom stereocenters. The SMILES string of the molecule is CCC(CCOCC1CO1)(COCC1CO1)COC(=O)C1CC2OC2CC1C(=O)OCC(CC)(COCC1CO1)COCC1CO1. The minimum Gasteiger partial charge on any atom is -0.465 e. The van der Waals surface area contributed by atoms with Gasteiger partial charge in [0.2, 0.25) is 0 Å². The molecule has 0 N–H and O–H groups in total. The van der Waals surface area contributed by atoms with Crippen LogP contribution < -0.4 is 0 Å². The summed E-state index contributed by atoms with van der Waals surface area (Å²) in [5.41, 5.74) is -0.946. The van der Waals surface area contributed by atoms with Crippen LogP contribution in [-0.2, 0) is 61.7 Å². The van der Waals surface area contributed by atoms with Crippen molar-refractivity contribution in [1.82, 2.24) is 0 Å². The Balaban J connectivity index is 1.03. The summed E-state index contributed by atoms with van der Waals surface area (Å²) in [7, 11) is 0. The fourth-order valence-corrected chi connectivity index (χ4v) is 5.99. The van der Waals surface area contributed by atoms with Gasteiger partial charge in [-0.25, -0.2) is 0 Å². The molecule has 0 radical (unpaired) electrons. The molecule has 13 heteroatoms. The Hall–Kier alpha value is -1.42. The van der Waals surface area contributed by atoms with Gasteiger partial charge in [0.1, 0.15) is 31.0 Å². The van der Waals surface area contributed by atoms with Crippen LogP contribution >= 0.6 is 0 Å². The number of carbonyl (C=O) groups excluding carboxylic acids is 2. The van der Waals surface area contributed by atoms with Gasteiger partial charge in [-0.3, -0.25) is 9.59 Å². The first-order chi connectivity index (χ1) is 22.4. The summed E-state index contributed by atoms with van der Waals surface area (Å²) in [5.74, 6) is -2.09. The van der Waals surface area contributed by atoms with Gasteiger partial charge in [0, 0.05) is 12.0 Å². The lowest BCUT2D eigenvalue weighted by atomic mass is 9.79. The summed E-state index contributed by atoms with van der Waals surface area (Å²) < 4.78 is 62.6. The lowest BCUT2D eigenvalue weighted by Gasteiger charge is -2.34. The number of fused-ring (bicyclic) bond motifs is 1. The van der Waals surface area contributed by atoms with Crippen molar-refractivity contribution in [3.63, 3.8) is 0 Å². The summed E-state index contributed by atoms with van der Waals surface area (Å²) in [4.78, 5) is 27.3. The normalized spacial score (nSPS) is 34.5. The Kier molecular flexibility index (Phi) is 11.9. The highest BCUT2D eigenvalue weighted by Gasteiger charge is 2.54. The van der Waals surface area contributed by atoms with Gasteiger partial charge in [-0.2, -0.15) is 0 Å². The molecule has 0 aromatic rings. The van der Waals surface area contributed by atoms with Crippen molar-refractivity contribution in [2.75, 3.05) is 92.5 Å². The van der Waals surface area contributed by atoms with Crippen LogP contribution in [0, 0.1) is 22.7 Å². The number of rotatable bonds is 25. The molecule has 0 amide bonds. The third kappa shape index (κ3) is 10.5. The van der Waals surface area contributed by atoms with Gasteiger partial charge in [-0.1, -0.05) is 13.8 Å². The van der Waals surface area contributed by atoms with E-state index in [4.69, 9.17) is 52.1 Å². The lowest BCUT2D eigenvalue weighted by Crippen LogP contribution is -2.43. The molecule has 0 aromatic carbocycles. The largest absolute Gasteiger partial charge is 0.465 e. The van der Waals surface area contributed by atoms with Crippen LogP contribution in [0.3, 0.4) is 0 Å². The Labute approximate surface area is 271 Å². The van der Waals surface area contributed by atoms with Gasteiger partial charge >= 0.3 is 11.9 Å². The van der Waals surface area contributed by atoms with Gasteiger partial charge in [0.25, 0.3) is 0 Å². The molecule has 9 atom stereocenters. The minimum atomic E-state index is -0.645. The first-order valence-corrected chi connectivity index (χ1v) is 17.2. The molecule has 5 saturated heterocycles. The van der Waals surface area contributed by atoms with E-state index in [2.05, 4.69) is 6.92 Å². The molecular formula is C33H52O13. The van der Waals surface area contributed by atoms with E-state index in [0.29, 0.717) is 98.4 Å². The minimum absolute atomic E-state index is 0.0248. The van der Waals surface area contributed by atoms with Crippen LogP contribution in [0.1, 0.15) is 46.0 Å². The first-order valence-electron chi connectivity index (χ1n) is 17.2. The predicted octanol–water partition coefficient (Wildman–Crippen LogP) is 1.71. The van der Waals surface area contributed by atoms with Crippen LogP contribution in [0.25, 0.3) is 0 Å². The zero-order chi connectivity index (χ0) is 32.0. The fourth-order valence-electron chi connectivity index (χ4n) is 5.99. The van der Waals surface area contributed by atoms with Gasteiger partial charge in [0.15, 0.2) is 0 Å². The van der Waals surface area contributed by atoms with Crippen LogP contribution in [0.2, 0.25) is 0 Å². The Morgan fingerprint density at radius 2 is 0.978 bits per heavy atom. The Morgan fingerprint density at radius 1 is 0.587 bits per heavy atom. The first kappa shape index (κ1) is 34.4. The van der Waals surface area contributed by atoms with Crippen molar-refractivity contribution in [3.8, 4) is 0 Å². The molecule has 46 heavy (non-hydrogen) atoms. The summed E-state index contributed by atoms with van der Waals surface area (Å²) in [6.45, 7) is 11.0. The number of ether oxygens (including phenoxy) is 11. The fraction of sp³-hybridized carbons (Fsp3) is 0.939. The van der Waals surface area contributed by atoms with Crippen LogP contribution in [0.15, 0.2) is 0 Å². The molecular weight excluding hydrogens is 604 g/mol. The molecule has 0 aromatic heterocycles. The van der Waals surface area contributed by atoms with Crippen LogP contribution in [0.4, 0.5) is 0 Å². The second kappa shape index (κ2) is 15.9. The molecule has 6 rings (SSSR count). The van der Waals surface area contributed by atoms with E-state index < -0.39 is 34.6 Å². The summed E-state index contributed by atoms with van der Waals surface area (Å²) in [5, 5.41) is 0. The van der Waals surface area contributed by atoms with Crippen LogP contribution in [0.5, 0.6) is 0 Å².